The number of amides is 2. The van der Waals surface area contributed by atoms with Crippen molar-refractivity contribution in [3.05, 3.63) is 65.7 Å². The van der Waals surface area contributed by atoms with Crippen LogP contribution in [-0.4, -0.2) is 56.6 Å². The molecule has 0 spiro atoms. The molecule has 0 aliphatic heterocycles. The van der Waals surface area contributed by atoms with Gasteiger partial charge in [0.2, 0.25) is 21.8 Å². The third-order valence-electron chi connectivity index (χ3n) is 6.66. The summed E-state index contributed by atoms with van der Waals surface area (Å²) in [6.07, 6.45) is 4.51. The third-order valence-corrected chi connectivity index (χ3v) is 7.85. The molecule has 2 aromatic rings. The highest BCUT2D eigenvalue weighted by molar-refractivity contribution is 7.92. The van der Waals surface area contributed by atoms with Gasteiger partial charge in [-0.25, -0.2) is 8.42 Å². The van der Waals surface area contributed by atoms with E-state index in [0.717, 1.165) is 24.0 Å². The van der Waals surface area contributed by atoms with E-state index in [1.807, 2.05) is 70.2 Å². The maximum Gasteiger partial charge on any atom is 0.243 e. The van der Waals surface area contributed by atoms with E-state index >= 15 is 0 Å². The molecule has 0 heterocycles. The maximum atomic E-state index is 13.5. The van der Waals surface area contributed by atoms with Gasteiger partial charge in [-0.05, 0) is 62.3 Å². The first-order chi connectivity index (χ1) is 17.6. The first-order valence-electron chi connectivity index (χ1n) is 13.3. The molecule has 2 rings (SSSR count). The number of nitrogens with one attached hydrogen (secondary N) is 1. The summed E-state index contributed by atoms with van der Waals surface area (Å²) in [5.41, 5.74) is 2.81. The van der Waals surface area contributed by atoms with E-state index in [9.17, 15) is 18.0 Å². The van der Waals surface area contributed by atoms with E-state index < -0.39 is 16.1 Å². The second kappa shape index (κ2) is 14.8. The van der Waals surface area contributed by atoms with Crippen LogP contribution in [0.15, 0.2) is 54.6 Å². The molecule has 0 fully saturated rings. The van der Waals surface area contributed by atoms with E-state index in [0.29, 0.717) is 31.5 Å². The average molecular weight is 530 g/mol. The molecule has 0 bridgehead atoms. The summed E-state index contributed by atoms with van der Waals surface area (Å²) >= 11 is 0. The Morgan fingerprint density at radius 2 is 1.54 bits per heavy atom. The molecule has 2 amide bonds. The van der Waals surface area contributed by atoms with Crippen LogP contribution in [0, 0.1) is 0 Å². The van der Waals surface area contributed by atoms with Crippen molar-refractivity contribution >= 4 is 27.5 Å². The van der Waals surface area contributed by atoms with E-state index in [1.54, 1.807) is 17.0 Å². The van der Waals surface area contributed by atoms with Crippen molar-refractivity contribution in [1.29, 1.82) is 0 Å². The van der Waals surface area contributed by atoms with Gasteiger partial charge in [-0.15, -0.1) is 0 Å². The van der Waals surface area contributed by atoms with Crippen molar-refractivity contribution in [2.45, 2.75) is 78.3 Å². The molecular formula is C29H43N3O4S. The fourth-order valence-corrected chi connectivity index (χ4v) is 5.20. The molecule has 0 aliphatic rings. The topological polar surface area (TPSA) is 86.8 Å². The summed E-state index contributed by atoms with van der Waals surface area (Å²) in [6, 6.07) is 16.8. The van der Waals surface area contributed by atoms with Crippen molar-refractivity contribution in [1.82, 2.24) is 10.2 Å². The van der Waals surface area contributed by atoms with Crippen LogP contribution in [0.25, 0.3) is 0 Å². The molecule has 0 saturated heterocycles. The van der Waals surface area contributed by atoms with Crippen LogP contribution >= 0.6 is 0 Å². The minimum atomic E-state index is -3.51. The second-order valence-corrected chi connectivity index (χ2v) is 11.4. The second-order valence-electron chi connectivity index (χ2n) is 9.52. The third kappa shape index (κ3) is 9.50. The normalized spacial score (nSPS) is 13.0. The van der Waals surface area contributed by atoms with Crippen molar-refractivity contribution < 1.29 is 18.0 Å². The molecule has 0 unspecified atom stereocenters. The Kier molecular flexibility index (Phi) is 12.1. The van der Waals surface area contributed by atoms with Gasteiger partial charge in [-0.2, -0.15) is 0 Å². The van der Waals surface area contributed by atoms with Crippen LogP contribution in [0.5, 0.6) is 0 Å². The van der Waals surface area contributed by atoms with Gasteiger partial charge in [-0.3, -0.25) is 13.9 Å². The highest BCUT2D eigenvalue weighted by Gasteiger charge is 2.29. The Morgan fingerprint density at radius 1 is 0.892 bits per heavy atom. The molecule has 8 heteroatoms. The average Bonchev–Trinajstić information content (AvgIpc) is 2.88. The molecule has 0 radical (unpaired) electrons. The number of hydrogen-bond acceptors (Lipinski definition) is 4. The Morgan fingerprint density at radius 3 is 2.08 bits per heavy atom. The molecule has 2 aromatic carbocycles. The van der Waals surface area contributed by atoms with Crippen molar-refractivity contribution in [2.24, 2.45) is 0 Å². The van der Waals surface area contributed by atoms with E-state index in [-0.39, 0.29) is 30.8 Å². The van der Waals surface area contributed by atoms with Crippen LogP contribution < -0.4 is 9.62 Å². The van der Waals surface area contributed by atoms with E-state index in [2.05, 4.69) is 5.32 Å². The highest BCUT2D eigenvalue weighted by atomic mass is 32.2. The zero-order chi connectivity index (χ0) is 27.4. The zero-order valence-electron chi connectivity index (χ0n) is 22.9. The number of carbonyl (C=O) groups excluding carboxylic acids is 2. The minimum Gasteiger partial charge on any atom is -0.352 e. The Labute approximate surface area is 223 Å². The molecule has 0 saturated carbocycles. The largest absolute Gasteiger partial charge is 0.352 e. The summed E-state index contributed by atoms with van der Waals surface area (Å²) in [6.45, 7) is 8.53. The molecule has 0 aromatic heterocycles. The molecule has 7 nitrogen and oxygen atoms in total. The number of rotatable bonds is 15. The maximum absolute atomic E-state index is 13.5. The minimum absolute atomic E-state index is 0.0232. The Hall–Kier alpha value is -2.87. The number of benzene rings is 2. The fraction of sp³-hybridized carbons (Fsp3) is 0.517. The summed E-state index contributed by atoms with van der Waals surface area (Å²) in [7, 11) is -3.51. The molecule has 2 atom stereocenters. The molecule has 1 N–H and O–H groups in total. The molecule has 204 valence electrons. The molecule has 0 aliphatic carbocycles. The first-order valence-corrected chi connectivity index (χ1v) is 15.2. The lowest BCUT2D eigenvalue weighted by atomic mass is 10.1. The number of carbonyl (C=O) groups is 2. The van der Waals surface area contributed by atoms with Gasteiger partial charge in [-0.1, -0.05) is 63.2 Å². The quantitative estimate of drug-likeness (QED) is 0.366. The number of nitrogens with zero attached hydrogens (tertiary/aromatic N) is 2. The summed E-state index contributed by atoms with van der Waals surface area (Å²) in [5, 5.41) is 3.02. The van der Waals surface area contributed by atoms with Gasteiger partial charge in [0.25, 0.3) is 0 Å². The number of hydrogen-bond donors (Lipinski definition) is 1. The Balaban J connectivity index is 2.16. The molecular weight excluding hydrogens is 486 g/mol. The zero-order valence-corrected chi connectivity index (χ0v) is 23.8. The number of sulfonamides is 1. The first kappa shape index (κ1) is 30.4. The Bertz CT molecular complexity index is 1090. The van der Waals surface area contributed by atoms with Crippen LogP contribution in [0.3, 0.4) is 0 Å². The van der Waals surface area contributed by atoms with Crippen molar-refractivity contribution in [3.63, 3.8) is 0 Å². The van der Waals surface area contributed by atoms with E-state index in [4.69, 9.17) is 0 Å². The van der Waals surface area contributed by atoms with Crippen molar-refractivity contribution in [2.75, 3.05) is 23.7 Å². The number of aryl methyl sites for hydroxylation is 1. The summed E-state index contributed by atoms with van der Waals surface area (Å²) in [4.78, 5) is 28.2. The number of anilines is 1. The van der Waals surface area contributed by atoms with Crippen LogP contribution in [0.2, 0.25) is 0 Å². The van der Waals surface area contributed by atoms with Crippen LogP contribution in [0.4, 0.5) is 5.69 Å². The van der Waals surface area contributed by atoms with Gasteiger partial charge >= 0.3 is 0 Å². The monoisotopic (exact) mass is 529 g/mol. The van der Waals surface area contributed by atoms with Gasteiger partial charge in [0.05, 0.1) is 11.9 Å². The summed E-state index contributed by atoms with van der Waals surface area (Å²) < 4.78 is 26.4. The van der Waals surface area contributed by atoms with Crippen LogP contribution in [-0.2, 0) is 32.5 Å². The van der Waals surface area contributed by atoms with Crippen molar-refractivity contribution in [3.8, 4) is 0 Å². The van der Waals surface area contributed by atoms with Gasteiger partial charge in [0.1, 0.15) is 6.04 Å². The van der Waals surface area contributed by atoms with Gasteiger partial charge in [0, 0.05) is 25.6 Å². The smallest absolute Gasteiger partial charge is 0.243 e. The molecule has 37 heavy (non-hydrogen) atoms. The lowest BCUT2D eigenvalue weighted by molar-refractivity contribution is -0.141. The fourth-order valence-electron chi connectivity index (χ4n) is 4.24. The predicted molar refractivity (Wildman–Crippen MR) is 151 cm³/mol. The highest BCUT2D eigenvalue weighted by Crippen LogP contribution is 2.20. The van der Waals surface area contributed by atoms with Gasteiger partial charge < -0.3 is 10.2 Å². The SMILES string of the molecule is CCc1ccc(N(CCCC(=O)N(CCc2ccccc2)[C@H](CC)C(=O)N[C@H](C)CC)S(C)(=O)=O)cc1. The lowest BCUT2D eigenvalue weighted by Gasteiger charge is -2.32. The lowest BCUT2D eigenvalue weighted by Crippen LogP contribution is -2.51. The van der Waals surface area contributed by atoms with Gasteiger partial charge in [0.15, 0.2) is 0 Å². The standard InChI is InChI=1S/C29H43N3O4S/c1-6-23(4)30-29(34)27(8-3)31(22-20-25-13-10-9-11-14-25)28(33)15-12-21-32(37(5,35)36)26-18-16-24(7-2)17-19-26/h9-11,13-14,16-19,23,27H,6-8,12,15,20-22H2,1-5H3,(H,30,34)/t23-,27-/m1/s1. The predicted octanol–water partition coefficient (Wildman–Crippen LogP) is 4.56. The van der Waals surface area contributed by atoms with Crippen LogP contribution in [0.1, 0.15) is 64.5 Å². The summed E-state index contributed by atoms with van der Waals surface area (Å²) in [5.74, 6) is -0.288. The van der Waals surface area contributed by atoms with E-state index in [1.165, 1.54) is 10.6 Å².